The van der Waals surface area contributed by atoms with Gasteiger partial charge in [0.2, 0.25) is 0 Å². The lowest BCUT2D eigenvalue weighted by Gasteiger charge is -2.06. The van der Waals surface area contributed by atoms with E-state index in [9.17, 15) is 0 Å². The average molecular weight is 253 g/mol. The number of ether oxygens (including phenoxy) is 1. The van der Waals surface area contributed by atoms with Gasteiger partial charge in [-0.25, -0.2) is 0 Å². The molecule has 0 aliphatic carbocycles. The number of thioether (sulfide) groups is 1. The van der Waals surface area contributed by atoms with E-state index in [0.717, 1.165) is 16.3 Å². The molecule has 2 N–H and O–H groups in total. The molecule has 0 saturated carbocycles. The van der Waals surface area contributed by atoms with Crippen LogP contribution in [0.2, 0.25) is 0 Å². The molecule has 0 unspecified atom stereocenters. The molecule has 1 heterocycles. The highest BCUT2D eigenvalue weighted by Gasteiger charge is 2.07. The van der Waals surface area contributed by atoms with E-state index in [2.05, 4.69) is 9.59 Å². The topological polar surface area (TPSA) is 61.0 Å². The number of aromatic nitrogens is 2. The Morgan fingerprint density at radius 1 is 1.44 bits per heavy atom. The molecule has 0 aliphatic rings. The van der Waals surface area contributed by atoms with E-state index in [4.69, 9.17) is 10.5 Å². The zero-order valence-electron chi connectivity index (χ0n) is 8.71. The van der Waals surface area contributed by atoms with Gasteiger partial charge in [0.15, 0.2) is 0 Å². The van der Waals surface area contributed by atoms with Gasteiger partial charge in [-0.1, -0.05) is 16.6 Å². The van der Waals surface area contributed by atoms with Crippen molar-refractivity contribution >= 4 is 28.3 Å². The van der Waals surface area contributed by atoms with Crippen LogP contribution in [-0.2, 0) is 5.75 Å². The summed E-state index contributed by atoms with van der Waals surface area (Å²) in [6.07, 6.45) is 0. The molecular formula is C10H11N3OS2. The summed E-state index contributed by atoms with van der Waals surface area (Å²) in [4.78, 5) is 1.08. The van der Waals surface area contributed by atoms with E-state index in [1.54, 1.807) is 18.9 Å². The quantitative estimate of drug-likeness (QED) is 0.848. The van der Waals surface area contributed by atoms with Crippen LogP contribution >= 0.6 is 23.3 Å². The van der Waals surface area contributed by atoms with E-state index in [-0.39, 0.29) is 0 Å². The normalized spacial score (nSPS) is 10.3. The molecule has 2 aromatic rings. The predicted molar refractivity (Wildman–Crippen MR) is 66.9 cm³/mol. The third-order valence-electron chi connectivity index (χ3n) is 2.02. The summed E-state index contributed by atoms with van der Waals surface area (Å²) in [7, 11) is 1.66. The lowest BCUT2D eigenvalue weighted by atomic mass is 10.3. The predicted octanol–water partition coefficient (Wildman–Crippen LogP) is 2.42. The number of methoxy groups -OCH3 is 1. The Bertz CT molecular complexity index is 473. The Hall–Kier alpha value is -1.27. The molecule has 0 saturated heterocycles. The van der Waals surface area contributed by atoms with Gasteiger partial charge in [-0.2, -0.15) is 0 Å². The number of rotatable bonds is 4. The van der Waals surface area contributed by atoms with Crippen LogP contribution in [0.5, 0.6) is 5.75 Å². The Balaban J connectivity index is 2.07. The first kappa shape index (κ1) is 11.2. The molecule has 0 spiro atoms. The van der Waals surface area contributed by atoms with E-state index in [1.165, 1.54) is 11.5 Å². The third kappa shape index (κ3) is 2.45. The molecule has 1 aromatic heterocycles. The first-order valence-corrected chi connectivity index (χ1v) is 6.39. The van der Waals surface area contributed by atoms with Gasteiger partial charge in [0, 0.05) is 22.2 Å². The zero-order chi connectivity index (χ0) is 11.4. The van der Waals surface area contributed by atoms with Crippen LogP contribution in [0.3, 0.4) is 0 Å². The van der Waals surface area contributed by atoms with Crippen molar-refractivity contribution in [3.8, 4) is 5.75 Å². The summed E-state index contributed by atoms with van der Waals surface area (Å²) >= 11 is 2.86. The monoisotopic (exact) mass is 253 g/mol. The highest BCUT2D eigenvalue weighted by Crippen LogP contribution is 2.32. The van der Waals surface area contributed by atoms with Crippen molar-refractivity contribution in [3.63, 3.8) is 0 Å². The van der Waals surface area contributed by atoms with Crippen molar-refractivity contribution < 1.29 is 4.74 Å². The molecule has 0 fully saturated rings. The second-order valence-corrected chi connectivity index (χ2v) is 4.83. The van der Waals surface area contributed by atoms with Crippen molar-refractivity contribution in [2.24, 2.45) is 0 Å². The maximum atomic E-state index is 5.72. The highest BCUT2D eigenvalue weighted by molar-refractivity contribution is 7.98. The number of hydrogen-bond donors (Lipinski definition) is 1. The van der Waals surface area contributed by atoms with Gasteiger partial charge in [0.05, 0.1) is 7.11 Å². The Morgan fingerprint density at radius 3 is 2.94 bits per heavy atom. The Morgan fingerprint density at radius 2 is 2.25 bits per heavy atom. The molecule has 0 radical (unpaired) electrons. The van der Waals surface area contributed by atoms with Crippen LogP contribution in [0.4, 0.5) is 5.00 Å². The van der Waals surface area contributed by atoms with Crippen LogP contribution in [0.25, 0.3) is 0 Å². The molecule has 0 aliphatic heterocycles. The molecule has 0 atom stereocenters. The first-order chi connectivity index (χ1) is 7.81. The number of nitrogens with zero attached hydrogens (tertiary/aromatic N) is 2. The summed E-state index contributed by atoms with van der Waals surface area (Å²) in [5.74, 6) is 1.58. The molecule has 2 rings (SSSR count). The molecule has 4 nitrogen and oxygen atoms in total. The van der Waals surface area contributed by atoms with Crippen molar-refractivity contribution in [1.82, 2.24) is 9.59 Å². The summed E-state index contributed by atoms with van der Waals surface area (Å²) in [6.45, 7) is 0. The van der Waals surface area contributed by atoms with Crippen molar-refractivity contribution in [3.05, 3.63) is 30.0 Å². The number of benzene rings is 1. The zero-order valence-corrected chi connectivity index (χ0v) is 10.3. The van der Waals surface area contributed by atoms with Crippen LogP contribution < -0.4 is 10.5 Å². The van der Waals surface area contributed by atoms with E-state index in [1.807, 2.05) is 24.3 Å². The van der Waals surface area contributed by atoms with Crippen molar-refractivity contribution in [2.75, 3.05) is 12.8 Å². The fraction of sp³-hybridized carbons (Fsp3) is 0.200. The SMILES string of the molecule is COc1ccccc1SCc1nnsc1N. The van der Waals surface area contributed by atoms with Gasteiger partial charge in [-0.15, -0.1) is 16.9 Å². The smallest absolute Gasteiger partial charge is 0.132 e. The average Bonchev–Trinajstić information content (AvgIpc) is 2.72. The Kier molecular flexibility index (Phi) is 3.63. The number of para-hydroxylation sites is 1. The summed E-state index contributed by atoms with van der Waals surface area (Å²) in [6, 6.07) is 7.87. The van der Waals surface area contributed by atoms with Crippen molar-refractivity contribution in [2.45, 2.75) is 10.6 Å². The lowest BCUT2D eigenvalue weighted by Crippen LogP contribution is -1.90. The van der Waals surface area contributed by atoms with E-state index < -0.39 is 0 Å². The van der Waals surface area contributed by atoms with Crippen LogP contribution in [0.15, 0.2) is 29.2 Å². The number of nitrogen functional groups attached to an aromatic ring is 1. The summed E-state index contributed by atoms with van der Waals surface area (Å²) in [5, 5.41) is 4.65. The van der Waals surface area contributed by atoms with E-state index in [0.29, 0.717) is 10.8 Å². The fourth-order valence-corrected chi connectivity index (χ4v) is 2.71. The minimum absolute atomic E-state index is 0.683. The van der Waals surface area contributed by atoms with Crippen molar-refractivity contribution in [1.29, 1.82) is 0 Å². The van der Waals surface area contributed by atoms with Crippen LogP contribution in [-0.4, -0.2) is 16.7 Å². The largest absolute Gasteiger partial charge is 0.496 e. The minimum Gasteiger partial charge on any atom is -0.496 e. The third-order valence-corrected chi connectivity index (χ3v) is 3.68. The lowest BCUT2D eigenvalue weighted by molar-refractivity contribution is 0.405. The second kappa shape index (κ2) is 5.18. The second-order valence-electron chi connectivity index (χ2n) is 3.02. The van der Waals surface area contributed by atoms with Crippen LogP contribution in [0.1, 0.15) is 5.69 Å². The molecule has 1 aromatic carbocycles. The summed E-state index contributed by atoms with van der Waals surface area (Å²) in [5.41, 5.74) is 6.56. The number of nitrogens with two attached hydrogens (primary N) is 1. The fourth-order valence-electron chi connectivity index (χ4n) is 1.20. The van der Waals surface area contributed by atoms with Gasteiger partial charge in [0.1, 0.15) is 16.4 Å². The van der Waals surface area contributed by atoms with Gasteiger partial charge < -0.3 is 10.5 Å². The van der Waals surface area contributed by atoms with Gasteiger partial charge in [0.25, 0.3) is 0 Å². The highest BCUT2D eigenvalue weighted by atomic mass is 32.2. The molecule has 0 bridgehead atoms. The number of anilines is 1. The molecule has 16 heavy (non-hydrogen) atoms. The molecular weight excluding hydrogens is 242 g/mol. The summed E-state index contributed by atoms with van der Waals surface area (Å²) < 4.78 is 9.06. The standard InChI is InChI=1S/C10H11N3OS2/c1-14-8-4-2-3-5-9(8)15-6-7-10(11)16-13-12-7/h2-5H,6,11H2,1H3. The molecule has 84 valence electrons. The maximum absolute atomic E-state index is 5.72. The first-order valence-electron chi connectivity index (χ1n) is 4.64. The van der Waals surface area contributed by atoms with Crippen LogP contribution in [0, 0.1) is 0 Å². The van der Waals surface area contributed by atoms with Gasteiger partial charge >= 0.3 is 0 Å². The van der Waals surface area contributed by atoms with Gasteiger partial charge in [-0.3, -0.25) is 0 Å². The van der Waals surface area contributed by atoms with Gasteiger partial charge in [-0.05, 0) is 12.1 Å². The minimum atomic E-state index is 0.683. The molecule has 6 heteroatoms. The number of hydrogen-bond acceptors (Lipinski definition) is 6. The molecule has 0 amide bonds. The Labute approximate surface area is 102 Å². The van der Waals surface area contributed by atoms with E-state index >= 15 is 0 Å². The maximum Gasteiger partial charge on any atom is 0.132 e.